The molecule has 0 bridgehead atoms. The fourth-order valence-corrected chi connectivity index (χ4v) is 9.32. The van der Waals surface area contributed by atoms with Crippen LogP contribution in [0, 0.1) is 0 Å². The summed E-state index contributed by atoms with van der Waals surface area (Å²) in [7, 11) is -4.38. The van der Waals surface area contributed by atoms with E-state index in [4.69, 9.17) is 5.73 Å². The molecule has 0 radical (unpaired) electrons. The van der Waals surface area contributed by atoms with Gasteiger partial charge in [0.05, 0.1) is 0 Å². The first kappa shape index (κ1) is 53.4. The standard InChI is InChI=1S/C32H69O3P.C14H31N/c1-3-5-7-9-11-13-15-17-19-21-23-25-27-29-31-36(33,34,35)32-30-28-26-24-22-20-18-16-14-12-10-8-6-4-2;1-2-3-4-5-6-7-8-9-10-11-12-13-14-15/h33-35H,3-32H2,1-2H3;2-15H2,1H3. The van der Waals surface area contributed by atoms with Crippen LogP contribution in [0.2, 0.25) is 0 Å². The molecule has 0 aromatic carbocycles. The van der Waals surface area contributed by atoms with Gasteiger partial charge >= 0.3 is 176 Å². The molecular weight excluding hydrogens is 645 g/mol. The predicted molar refractivity (Wildman–Crippen MR) is 234 cm³/mol. The van der Waals surface area contributed by atoms with E-state index in [0.717, 1.165) is 45.1 Å². The summed E-state index contributed by atoms with van der Waals surface area (Å²) in [6.45, 7) is 7.70. The molecule has 0 aliphatic carbocycles. The molecule has 0 rings (SSSR count). The monoisotopic (exact) mass is 746 g/mol. The number of rotatable bonds is 42. The zero-order chi connectivity index (χ0) is 37.9. The summed E-state index contributed by atoms with van der Waals surface area (Å²) in [4.78, 5) is 31.2. The average Bonchev–Trinajstić information content (AvgIpc) is 3.11. The molecule has 0 amide bonds. The molecule has 0 aromatic heterocycles. The van der Waals surface area contributed by atoms with E-state index >= 15 is 0 Å². The molecule has 0 aliphatic heterocycles. The molecule has 0 aliphatic rings. The van der Waals surface area contributed by atoms with E-state index in [1.54, 1.807) is 0 Å². The molecule has 5 heteroatoms. The van der Waals surface area contributed by atoms with Crippen LogP contribution in [0.3, 0.4) is 0 Å². The fraction of sp³-hybridized carbons (Fsp3) is 1.00. The normalized spacial score (nSPS) is 12.5. The Bertz CT molecular complexity index is 575. The first-order valence-electron chi connectivity index (χ1n) is 23.8. The van der Waals surface area contributed by atoms with Crippen LogP contribution in [0.1, 0.15) is 278 Å². The quantitative estimate of drug-likeness (QED) is 0.0370. The van der Waals surface area contributed by atoms with Crippen LogP contribution in [0.5, 0.6) is 0 Å². The van der Waals surface area contributed by atoms with Crippen LogP contribution in [0.25, 0.3) is 0 Å². The van der Waals surface area contributed by atoms with Crippen molar-refractivity contribution in [2.45, 2.75) is 278 Å². The third kappa shape index (κ3) is 50.3. The van der Waals surface area contributed by atoms with Gasteiger partial charge in [0.15, 0.2) is 0 Å². The van der Waals surface area contributed by atoms with Crippen LogP contribution < -0.4 is 5.73 Å². The molecule has 4 nitrogen and oxygen atoms in total. The molecule has 5 N–H and O–H groups in total. The smallest absolute Gasteiger partial charge is 0.330 e. The van der Waals surface area contributed by atoms with Crippen molar-refractivity contribution < 1.29 is 14.7 Å². The van der Waals surface area contributed by atoms with E-state index in [1.807, 2.05) is 0 Å². The second-order valence-corrected chi connectivity index (χ2v) is 20.2. The molecule has 0 atom stereocenters. The average molecular weight is 746 g/mol. The first-order chi connectivity index (χ1) is 24.8. The van der Waals surface area contributed by atoms with Gasteiger partial charge in [-0.05, 0) is 13.0 Å². The zero-order valence-electron chi connectivity index (χ0n) is 35.8. The first-order valence-corrected chi connectivity index (χ1v) is 26.2. The number of nitrogens with two attached hydrogens (primary N) is 1. The van der Waals surface area contributed by atoms with Gasteiger partial charge in [-0.15, -0.1) is 0 Å². The van der Waals surface area contributed by atoms with Gasteiger partial charge < -0.3 is 5.73 Å². The Hall–Kier alpha value is 0.270. The Morgan fingerprint density at radius 2 is 0.412 bits per heavy atom. The van der Waals surface area contributed by atoms with Gasteiger partial charge in [-0.2, -0.15) is 0 Å². The van der Waals surface area contributed by atoms with Crippen LogP contribution in [0.15, 0.2) is 0 Å². The molecular formula is C46H100NO3P. The third-order valence-corrected chi connectivity index (χ3v) is 13.5. The van der Waals surface area contributed by atoms with Crippen molar-refractivity contribution in [1.82, 2.24) is 0 Å². The zero-order valence-corrected chi connectivity index (χ0v) is 36.7. The summed E-state index contributed by atoms with van der Waals surface area (Å²) >= 11 is 0. The van der Waals surface area contributed by atoms with E-state index in [1.165, 1.54) is 218 Å². The minimum absolute atomic E-state index is 0.210. The number of hydrogen-bond donors (Lipinski definition) is 4. The van der Waals surface area contributed by atoms with E-state index in [9.17, 15) is 14.7 Å². The summed E-state index contributed by atoms with van der Waals surface area (Å²) in [5.41, 5.74) is 5.45. The molecule has 51 heavy (non-hydrogen) atoms. The van der Waals surface area contributed by atoms with Gasteiger partial charge in [0, 0.05) is 0 Å². The van der Waals surface area contributed by atoms with E-state index < -0.39 is 7.28 Å². The second kappa shape index (κ2) is 43.0. The van der Waals surface area contributed by atoms with Crippen LogP contribution in [-0.2, 0) is 0 Å². The maximum absolute atomic E-state index is 10.4. The van der Waals surface area contributed by atoms with Crippen molar-refractivity contribution in [2.24, 2.45) is 5.73 Å². The Morgan fingerprint density at radius 3 is 0.588 bits per heavy atom. The Morgan fingerprint density at radius 1 is 0.255 bits per heavy atom. The van der Waals surface area contributed by atoms with Gasteiger partial charge in [0.2, 0.25) is 0 Å². The van der Waals surface area contributed by atoms with Crippen molar-refractivity contribution in [3.05, 3.63) is 0 Å². The van der Waals surface area contributed by atoms with Gasteiger partial charge in [0.1, 0.15) is 0 Å². The summed E-state index contributed by atoms with van der Waals surface area (Å²) in [5, 5.41) is 0. The van der Waals surface area contributed by atoms with Gasteiger partial charge in [0.25, 0.3) is 0 Å². The summed E-state index contributed by atoms with van der Waals surface area (Å²) in [6, 6.07) is 0. The summed E-state index contributed by atoms with van der Waals surface area (Å²) < 4.78 is 0. The third-order valence-electron chi connectivity index (χ3n) is 11.0. The topological polar surface area (TPSA) is 86.7 Å². The minimum atomic E-state index is -4.38. The van der Waals surface area contributed by atoms with Crippen LogP contribution >= 0.6 is 7.28 Å². The Labute approximate surface area is 323 Å². The Kier molecular flexibility index (Phi) is 45.0. The van der Waals surface area contributed by atoms with Gasteiger partial charge in [-0.1, -0.05) is 130 Å². The number of unbranched alkanes of at least 4 members (excludes halogenated alkanes) is 37. The molecule has 0 saturated carbocycles. The maximum atomic E-state index is 10.4. The van der Waals surface area contributed by atoms with Crippen molar-refractivity contribution >= 4 is 7.28 Å². The van der Waals surface area contributed by atoms with Crippen LogP contribution in [0.4, 0.5) is 0 Å². The van der Waals surface area contributed by atoms with E-state index in [0.29, 0.717) is 0 Å². The molecule has 312 valence electrons. The number of hydrogen-bond acceptors (Lipinski definition) is 4. The van der Waals surface area contributed by atoms with Crippen molar-refractivity contribution in [3.63, 3.8) is 0 Å². The summed E-state index contributed by atoms with van der Waals surface area (Å²) in [5.74, 6) is 0. The predicted octanol–water partition coefficient (Wildman–Crippen LogP) is 15.9. The molecule has 0 aromatic rings. The molecule has 0 fully saturated rings. The fourth-order valence-electron chi connectivity index (χ4n) is 7.36. The van der Waals surface area contributed by atoms with E-state index in [2.05, 4.69) is 20.8 Å². The molecule has 0 saturated heterocycles. The molecule has 0 spiro atoms. The summed E-state index contributed by atoms with van der Waals surface area (Å²) in [6.07, 6.45) is 53.2. The van der Waals surface area contributed by atoms with E-state index in [-0.39, 0.29) is 12.3 Å². The van der Waals surface area contributed by atoms with Crippen molar-refractivity contribution in [1.29, 1.82) is 0 Å². The van der Waals surface area contributed by atoms with Gasteiger partial charge in [-0.3, -0.25) is 0 Å². The minimum Gasteiger partial charge on any atom is -0.330 e. The Balaban J connectivity index is 0. The van der Waals surface area contributed by atoms with Crippen molar-refractivity contribution in [2.75, 3.05) is 18.9 Å². The SMILES string of the molecule is CCCCCCCCCCCCCCCCP(O)(O)(O)CCCCCCCCCCCCCCCC.CCCCCCCCCCCCCCN. The molecule has 0 heterocycles. The molecule has 0 unspecified atom stereocenters. The van der Waals surface area contributed by atoms with Gasteiger partial charge in [-0.25, -0.2) is 0 Å². The van der Waals surface area contributed by atoms with Crippen LogP contribution in [-0.4, -0.2) is 33.5 Å². The van der Waals surface area contributed by atoms with Crippen molar-refractivity contribution in [3.8, 4) is 0 Å². The second-order valence-electron chi connectivity index (χ2n) is 16.7.